The number of halogens is 3. The lowest BCUT2D eigenvalue weighted by molar-refractivity contribution is -0.137. The van der Waals surface area contributed by atoms with E-state index in [1.165, 1.54) is 6.07 Å². The minimum Gasteiger partial charge on any atom is -0.472 e. The fourth-order valence-electron chi connectivity index (χ4n) is 3.28. The van der Waals surface area contributed by atoms with Gasteiger partial charge in [0.1, 0.15) is 11.9 Å². The van der Waals surface area contributed by atoms with Gasteiger partial charge in [-0.15, -0.1) is 0 Å². The fraction of sp³-hybridized carbons (Fsp3) is 0.368. The van der Waals surface area contributed by atoms with Crippen LogP contribution < -0.4 is 9.64 Å². The molecule has 0 saturated carbocycles. The van der Waals surface area contributed by atoms with Crippen LogP contribution in [0.25, 0.3) is 5.82 Å². The molecule has 0 radical (unpaired) electrons. The largest absolute Gasteiger partial charge is 0.472 e. The predicted molar refractivity (Wildman–Crippen MR) is 99.1 cm³/mol. The van der Waals surface area contributed by atoms with Crippen molar-refractivity contribution in [1.29, 1.82) is 0 Å². The summed E-state index contributed by atoms with van der Waals surface area (Å²) in [6.07, 6.45) is 0.205. The van der Waals surface area contributed by atoms with E-state index >= 15 is 0 Å². The number of pyridine rings is 1. The van der Waals surface area contributed by atoms with Crippen molar-refractivity contribution in [2.75, 3.05) is 18.0 Å². The summed E-state index contributed by atoms with van der Waals surface area (Å²) in [7, 11) is 0. The molecule has 0 N–H and O–H groups in total. The molecule has 1 aliphatic rings. The summed E-state index contributed by atoms with van der Waals surface area (Å²) in [6.45, 7) is 5.10. The number of anilines is 1. The van der Waals surface area contributed by atoms with E-state index in [0.29, 0.717) is 31.1 Å². The molecule has 1 aliphatic heterocycles. The van der Waals surface area contributed by atoms with Crippen LogP contribution in [0.3, 0.4) is 0 Å². The van der Waals surface area contributed by atoms with Crippen molar-refractivity contribution >= 4 is 5.82 Å². The number of hydrogen-bond acceptors (Lipinski definition) is 6. The molecular weight excluding hydrogens is 385 g/mol. The average molecular weight is 404 g/mol. The summed E-state index contributed by atoms with van der Waals surface area (Å²) in [5, 5.41) is 4.43. The first-order valence-electron chi connectivity index (χ1n) is 9.10. The van der Waals surface area contributed by atoms with Gasteiger partial charge in [-0.05, 0) is 26.0 Å². The molecule has 1 atom stereocenters. The van der Waals surface area contributed by atoms with Crippen LogP contribution in [-0.4, -0.2) is 43.9 Å². The summed E-state index contributed by atoms with van der Waals surface area (Å²) in [5.74, 6) is 1.50. The number of hydrogen-bond donors (Lipinski definition) is 0. The van der Waals surface area contributed by atoms with Crippen molar-refractivity contribution in [2.45, 2.75) is 32.5 Å². The van der Waals surface area contributed by atoms with E-state index < -0.39 is 11.7 Å². The van der Waals surface area contributed by atoms with E-state index in [2.05, 4.69) is 20.1 Å². The Morgan fingerprint density at radius 2 is 1.90 bits per heavy atom. The van der Waals surface area contributed by atoms with E-state index in [-0.39, 0.29) is 12.0 Å². The maximum Gasteiger partial charge on any atom is 0.417 e. The number of alkyl halides is 3. The molecule has 0 aliphatic carbocycles. The first kappa shape index (κ1) is 19.2. The number of aryl methyl sites for hydroxylation is 2. The van der Waals surface area contributed by atoms with Gasteiger partial charge in [0.2, 0.25) is 5.88 Å². The van der Waals surface area contributed by atoms with Gasteiger partial charge in [-0.1, -0.05) is 0 Å². The smallest absolute Gasteiger partial charge is 0.417 e. The standard InChI is InChI=1S/C19H19F3N6O/c1-12-7-13(2)28(26-12)17-10-23-9-16(25-17)27-6-5-15(11-27)29-18-4-3-14(8-24-18)19(20,21)22/h3-4,7-10,15H,5-6,11H2,1-2H3. The summed E-state index contributed by atoms with van der Waals surface area (Å²) in [4.78, 5) is 14.7. The Labute approximate surface area is 165 Å². The Balaban J connectivity index is 1.44. The second-order valence-corrected chi connectivity index (χ2v) is 6.93. The van der Waals surface area contributed by atoms with E-state index in [4.69, 9.17) is 4.74 Å². The molecule has 0 aromatic carbocycles. The molecule has 3 aromatic heterocycles. The Morgan fingerprint density at radius 1 is 1.10 bits per heavy atom. The minimum atomic E-state index is -4.41. The van der Waals surface area contributed by atoms with Crippen LogP contribution in [0.5, 0.6) is 5.88 Å². The molecule has 0 bridgehead atoms. The van der Waals surface area contributed by atoms with Crippen molar-refractivity contribution in [3.63, 3.8) is 0 Å². The molecule has 1 fully saturated rings. The number of ether oxygens (including phenoxy) is 1. The number of rotatable bonds is 4. The van der Waals surface area contributed by atoms with Crippen molar-refractivity contribution in [1.82, 2.24) is 24.7 Å². The Bertz CT molecular complexity index is 1000. The first-order chi connectivity index (χ1) is 13.8. The lowest BCUT2D eigenvalue weighted by Crippen LogP contribution is -2.26. The molecule has 4 rings (SSSR count). The average Bonchev–Trinajstić information content (AvgIpc) is 3.27. The molecule has 7 nitrogen and oxygen atoms in total. The number of aromatic nitrogens is 5. The van der Waals surface area contributed by atoms with Gasteiger partial charge in [-0.2, -0.15) is 18.3 Å². The maximum atomic E-state index is 12.6. The van der Waals surface area contributed by atoms with Crippen LogP contribution in [-0.2, 0) is 6.18 Å². The fourth-order valence-corrected chi connectivity index (χ4v) is 3.28. The highest BCUT2D eigenvalue weighted by atomic mass is 19.4. The lowest BCUT2D eigenvalue weighted by atomic mass is 10.3. The van der Waals surface area contributed by atoms with Gasteiger partial charge in [0.15, 0.2) is 5.82 Å². The van der Waals surface area contributed by atoms with Crippen LogP contribution >= 0.6 is 0 Å². The van der Waals surface area contributed by atoms with Crippen LogP contribution in [0.2, 0.25) is 0 Å². The summed E-state index contributed by atoms with van der Waals surface area (Å²) in [6, 6.07) is 4.18. The minimum absolute atomic E-state index is 0.173. The van der Waals surface area contributed by atoms with E-state index in [0.717, 1.165) is 23.7 Å². The van der Waals surface area contributed by atoms with Crippen LogP contribution in [0, 0.1) is 13.8 Å². The highest BCUT2D eigenvalue weighted by Crippen LogP contribution is 2.29. The van der Waals surface area contributed by atoms with Crippen molar-refractivity contribution in [2.24, 2.45) is 0 Å². The summed E-state index contributed by atoms with van der Waals surface area (Å²) < 4.78 is 45.4. The predicted octanol–water partition coefficient (Wildman–Crippen LogP) is 3.35. The van der Waals surface area contributed by atoms with Crippen LogP contribution in [0.15, 0.2) is 36.8 Å². The van der Waals surface area contributed by atoms with Crippen molar-refractivity contribution in [3.05, 3.63) is 53.7 Å². The molecule has 1 unspecified atom stereocenters. The second kappa shape index (κ2) is 7.34. The van der Waals surface area contributed by atoms with Gasteiger partial charge in [0.25, 0.3) is 0 Å². The maximum absolute atomic E-state index is 12.6. The van der Waals surface area contributed by atoms with Crippen LogP contribution in [0.4, 0.5) is 19.0 Å². The third-order valence-corrected chi connectivity index (χ3v) is 4.66. The van der Waals surface area contributed by atoms with Gasteiger partial charge < -0.3 is 9.64 Å². The zero-order chi connectivity index (χ0) is 20.6. The third kappa shape index (κ3) is 4.15. The molecule has 29 heavy (non-hydrogen) atoms. The molecular formula is C19H19F3N6O. The molecule has 4 heterocycles. The SMILES string of the molecule is Cc1cc(C)n(-c2cncc(N3CCC(Oc4ccc(C(F)(F)F)cn4)C3)n2)n1. The highest BCUT2D eigenvalue weighted by Gasteiger charge is 2.31. The Hall–Kier alpha value is -3.17. The molecule has 0 spiro atoms. The zero-order valence-corrected chi connectivity index (χ0v) is 15.9. The highest BCUT2D eigenvalue weighted by molar-refractivity contribution is 5.41. The summed E-state index contributed by atoms with van der Waals surface area (Å²) >= 11 is 0. The molecule has 10 heteroatoms. The Morgan fingerprint density at radius 3 is 2.55 bits per heavy atom. The van der Waals surface area contributed by atoms with E-state index in [1.807, 2.05) is 24.8 Å². The van der Waals surface area contributed by atoms with E-state index in [1.54, 1.807) is 17.1 Å². The van der Waals surface area contributed by atoms with Crippen LogP contribution in [0.1, 0.15) is 23.4 Å². The normalized spacial score (nSPS) is 17.0. The van der Waals surface area contributed by atoms with Gasteiger partial charge >= 0.3 is 6.18 Å². The zero-order valence-electron chi connectivity index (χ0n) is 15.9. The topological polar surface area (TPSA) is 69.0 Å². The molecule has 0 amide bonds. The first-order valence-corrected chi connectivity index (χ1v) is 9.10. The van der Waals surface area contributed by atoms with E-state index in [9.17, 15) is 13.2 Å². The summed E-state index contributed by atoms with van der Waals surface area (Å²) in [5.41, 5.74) is 1.06. The van der Waals surface area contributed by atoms with Gasteiger partial charge in [0, 0.05) is 30.9 Å². The molecule has 152 valence electrons. The lowest BCUT2D eigenvalue weighted by Gasteiger charge is -2.18. The number of nitrogens with zero attached hydrogens (tertiary/aromatic N) is 6. The quantitative estimate of drug-likeness (QED) is 0.664. The molecule has 3 aromatic rings. The van der Waals surface area contributed by atoms with Crippen molar-refractivity contribution in [3.8, 4) is 11.7 Å². The van der Waals surface area contributed by atoms with Gasteiger partial charge in [0.05, 0.1) is 30.2 Å². The molecule has 1 saturated heterocycles. The van der Waals surface area contributed by atoms with Gasteiger partial charge in [-0.25, -0.2) is 14.6 Å². The second-order valence-electron chi connectivity index (χ2n) is 6.93. The monoisotopic (exact) mass is 404 g/mol. The van der Waals surface area contributed by atoms with Gasteiger partial charge in [-0.3, -0.25) is 4.98 Å². The van der Waals surface area contributed by atoms with Crippen molar-refractivity contribution < 1.29 is 17.9 Å². The Kier molecular flexibility index (Phi) is 4.85. The third-order valence-electron chi connectivity index (χ3n) is 4.66.